The van der Waals surface area contributed by atoms with E-state index in [-0.39, 0.29) is 31.2 Å². The fraction of sp³-hybridized carbons (Fsp3) is 0.0952. The van der Waals surface area contributed by atoms with E-state index < -0.39 is 13.2 Å². The van der Waals surface area contributed by atoms with Crippen molar-refractivity contribution in [1.82, 2.24) is 0 Å². The van der Waals surface area contributed by atoms with Gasteiger partial charge in [0.1, 0.15) is 0 Å². The molecular formula is C21H23Cl2O2P. The molecule has 0 aliphatic carbocycles. The van der Waals surface area contributed by atoms with Gasteiger partial charge < -0.3 is 0 Å². The Kier molecular flexibility index (Phi) is 8.81. The summed E-state index contributed by atoms with van der Waals surface area (Å²) in [4.78, 5) is 11.4. The first kappa shape index (κ1) is 22.2. The molecule has 0 aliphatic rings. The zero-order valence-corrected chi connectivity index (χ0v) is 16.9. The van der Waals surface area contributed by atoms with Gasteiger partial charge in [-0.05, 0) is 0 Å². The van der Waals surface area contributed by atoms with Crippen molar-refractivity contribution in [2.24, 2.45) is 0 Å². The van der Waals surface area contributed by atoms with Crippen molar-refractivity contribution in [2.45, 2.75) is 6.42 Å². The minimum atomic E-state index is -2.37. The second kappa shape index (κ2) is 10.3. The Morgan fingerprint density at radius 3 is 1.23 bits per heavy atom. The van der Waals surface area contributed by atoms with Crippen molar-refractivity contribution in [2.75, 3.05) is 6.16 Å². The number of carboxylic acids is 1. The molecule has 0 radical (unpaired) electrons. The molecule has 0 fully saturated rings. The van der Waals surface area contributed by atoms with Crippen molar-refractivity contribution in [1.29, 1.82) is 0 Å². The fourth-order valence-electron chi connectivity index (χ4n) is 3.40. The average Bonchev–Trinajstić information content (AvgIpc) is 2.65. The van der Waals surface area contributed by atoms with E-state index in [2.05, 4.69) is 36.4 Å². The van der Waals surface area contributed by atoms with Crippen molar-refractivity contribution < 1.29 is 9.90 Å². The number of rotatable bonds is 6. The molecule has 0 amide bonds. The Morgan fingerprint density at radius 1 is 0.654 bits per heavy atom. The van der Waals surface area contributed by atoms with Crippen LogP contribution in [0, 0.1) is 0 Å². The second-order valence-corrected chi connectivity index (χ2v) is 9.94. The van der Waals surface area contributed by atoms with Gasteiger partial charge in [-0.15, -0.1) is 24.8 Å². The van der Waals surface area contributed by atoms with Crippen molar-refractivity contribution >= 4 is 54.0 Å². The van der Waals surface area contributed by atoms with Crippen LogP contribution in [0.5, 0.6) is 0 Å². The molecule has 1 N–H and O–H groups in total. The summed E-state index contributed by atoms with van der Waals surface area (Å²) in [7, 11) is -2.37. The van der Waals surface area contributed by atoms with Crippen LogP contribution in [0.15, 0.2) is 91.0 Å². The zero-order chi connectivity index (χ0) is 16.8. The summed E-state index contributed by atoms with van der Waals surface area (Å²) in [5.41, 5.74) is 0. The molecular weight excluding hydrogens is 386 g/mol. The van der Waals surface area contributed by atoms with Gasteiger partial charge in [0.15, 0.2) is 0 Å². The minimum absolute atomic E-state index is 0. The van der Waals surface area contributed by atoms with E-state index in [4.69, 9.17) is 0 Å². The Morgan fingerprint density at radius 2 is 0.962 bits per heavy atom. The summed E-state index contributed by atoms with van der Waals surface area (Å²) in [5, 5.41) is 13.1. The molecule has 0 atom stereocenters. The first-order valence-electron chi connectivity index (χ1n) is 8.12. The maximum absolute atomic E-state index is 11.4. The molecule has 26 heavy (non-hydrogen) atoms. The molecule has 0 spiro atoms. The number of carbonyl (C=O) groups is 1. The predicted octanol–water partition coefficient (Wildman–Crippen LogP) is 4.03. The van der Waals surface area contributed by atoms with Crippen LogP contribution >= 0.6 is 32.1 Å². The molecule has 138 valence electrons. The van der Waals surface area contributed by atoms with Gasteiger partial charge in [0.05, 0.1) is 0 Å². The maximum atomic E-state index is 11.4. The van der Waals surface area contributed by atoms with Crippen LogP contribution in [0.4, 0.5) is 0 Å². The van der Waals surface area contributed by atoms with Gasteiger partial charge in [-0.2, -0.15) is 0 Å². The van der Waals surface area contributed by atoms with E-state index in [0.717, 1.165) is 0 Å². The van der Waals surface area contributed by atoms with Crippen LogP contribution in [-0.4, -0.2) is 17.2 Å². The van der Waals surface area contributed by atoms with Gasteiger partial charge >= 0.3 is 143 Å². The third kappa shape index (κ3) is 4.65. The normalized spacial score (nSPS) is 10.9. The number of hydrogen-bond acceptors (Lipinski definition) is 1. The third-order valence-corrected chi connectivity index (χ3v) is 9.47. The molecule has 5 heteroatoms. The van der Waals surface area contributed by atoms with E-state index in [0.29, 0.717) is 6.16 Å². The number of aliphatic carboxylic acids is 1. The van der Waals surface area contributed by atoms with Gasteiger partial charge in [-0.25, -0.2) is 0 Å². The summed E-state index contributed by atoms with van der Waals surface area (Å²) in [6.45, 7) is 0. The molecule has 0 saturated heterocycles. The van der Waals surface area contributed by atoms with Gasteiger partial charge in [0.2, 0.25) is 0 Å². The Hall–Kier alpha value is -1.86. The van der Waals surface area contributed by atoms with Crippen LogP contribution in [0.3, 0.4) is 0 Å². The quantitative estimate of drug-likeness (QED) is 0.625. The van der Waals surface area contributed by atoms with Gasteiger partial charge in [0.25, 0.3) is 0 Å². The summed E-state index contributed by atoms with van der Waals surface area (Å²) < 4.78 is 0. The molecule has 3 rings (SSSR count). The number of benzene rings is 3. The summed E-state index contributed by atoms with van der Waals surface area (Å²) >= 11 is 0. The van der Waals surface area contributed by atoms with Crippen LogP contribution in [-0.2, 0) is 4.79 Å². The number of carboxylic acid groups (broad SMARTS) is 1. The van der Waals surface area contributed by atoms with E-state index in [9.17, 15) is 9.90 Å². The van der Waals surface area contributed by atoms with Crippen LogP contribution in [0.25, 0.3) is 0 Å². The SMILES string of the molecule is Cl.Cl.O=C(O)CC[PH](c1ccccc1)(c1ccccc1)c1ccccc1. The number of hydrogen-bond donors (Lipinski definition) is 1. The Labute approximate surface area is 167 Å². The summed E-state index contributed by atoms with van der Waals surface area (Å²) in [6, 6.07) is 31.2. The number of halogens is 2. The van der Waals surface area contributed by atoms with Gasteiger partial charge in [-0.1, -0.05) is 0 Å². The van der Waals surface area contributed by atoms with Crippen molar-refractivity contribution in [3.63, 3.8) is 0 Å². The average molecular weight is 409 g/mol. The van der Waals surface area contributed by atoms with E-state index in [1.165, 1.54) is 15.9 Å². The molecule has 0 saturated carbocycles. The Bertz CT molecular complexity index is 699. The third-order valence-electron chi connectivity index (χ3n) is 4.51. The van der Waals surface area contributed by atoms with E-state index >= 15 is 0 Å². The zero-order valence-electron chi connectivity index (χ0n) is 14.2. The van der Waals surface area contributed by atoms with Crippen LogP contribution in [0.2, 0.25) is 0 Å². The fourth-order valence-corrected chi connectivity index (χ4v) is 8.13. The molecule has 0 aliphatic heterocycles. The molecule has 3 aromatic carbocycles. The molecule has 0 unspecified atom stereocenters. The van der Waals surface area contributed by atoms with Crippen molar-refractivity contribution in [3.05, 3.63) is 91.0 Å². The van der Waals surface area contributed by atoms with E-state index in [1.54, 1.807) is 0 Å². The van der Waals surface area contributed by atoms with Crippen LogP contribution in [0.1, 0.15) is 6.42 Å². The second-order valence-electron chi connectivity index (χ2n) is 5.90. The Balaban J connectivity index is 0.00000169. The monoisotopic (exact) mass is 408 g/mol. The topological polar surface area (TPSA) is 37.3 Å². The first-order chi connectivity index (χ1) is 11.7. The summed E-state index contributed by atoms with van der Waals surface area (Å²) in [6.07, 6.45) is 0.825. The molecule has 0 aromatic heterocycles. The van der Waals surface area contributed by atoms with Gasteiger partial charge in [0, 0.05) is 0 Å². The summed E-state index contributed by atoms with van der Waals surface area (Å²) in [5.74, 6) is -0.741. The first-order valence-corrected chi connectivity index (χ1v) is 10.3. The molecule has 0 heterocycles. The molecule has 3 aromatic rings. The molecule has 2 nitrogen and oxygen atoms in total. The van der Waals surface area contributed by atoms with E-state index in [1.807, 2.05) is 54.6 Å². The molecule has 0 bridgehead atoms. The van der Waals surface area contributed by atoms with Crippen LogP contribution < -0.4 is 15.9 Å². The van der Waals surface area contributed by atoms with Gasteiger partial charge in [-0.3, -0.25) is 0 Å². The van der Waals surface area contributed by atoms with Crippen molar-refractivity contribution in [3.8, 4) is 0 Å². The predicted molar refractivity (Wildman–Crippen MR) is 118 cm³/mol. The standard InChI is InChI=1S/C21H21O2P.2ClH/c22-21(23)16-17-24(18-10-4-1-5-11-18,19-12-6-2-7-13-19)20-14-8-3-9-15-20;;/h1-15,24H,16-17H2,(H,22,23);2*1H.